The monoisotopic (exact) mass is 190 g/mol. The van der Waals surface area contributed by atoms with E-state index in [0.29, 0.717) is 0 Å². The Bertz CT molecular complexity index is 414. The van der Waals surface area contributed by atoms with Gasteiger partial charge in [0.2, 0.25) is 5.91 Å². The smallest absolute Gasteiger partial charge is 0.285 e. The minimum atomic E-state index is -0.776. The highest BCUT2D eigenvalue weighted by atomic mass is 16.6. The van der Waals surface area contributed by atoms with E-state index in [9.17, 15) is 14.9 Å². The molecule has 1 aromatic rings. The van der Waals surface area contributed by atoms with Crippen LogP contribution in [0.1, 0.15) is 15.9 Å². The molecule has 0 saturated heterocycles. The first-order chi connectivity index (χ1) is 6.57. The largest absolute Gasteiger partial charge is 0.366 e. The fourth-order valence-electron chi connectivity index (χ4n) is 1.05. The zero-order valence-corrected chi connectivity index (χ0v) is 7.06. The van der Waals surface area contributed by atoms with Crippen molar-refractivity contribution in [2.75, 3.05) is 0 Å². The average molecular weight is 190 g/mol. The first kappa shape index (κ1) is 9.74. The Labute approximate surface area is 79.7 Å². The second-order valence-electron chi connectivity index (χ2n) is 2.47. The zero-order chi connectivity index (χ0) is 10.7. The van der Waals surface area contributed by atoms with Gasteiger partial charge in [0, 0.05) is 6.07 Å². The number of hydrogen-bond donors (Lipinski definition) is 1. The maximum atomic E-state index is 10.9. The lowest BCUT2D eigenvalue weighted by Crippen LogP contribution is -2.13. The van der Waals surface area contributed by atoms with E-state index in [0.717, 1.165) is 0 Å². The molecule has 1 amide bonds. The number of nitrogens with zero attached hydrogens (tertiary/aromatic N) is 1. The maximum absolute atomic E-state index is 10.9. The number of primary amides is 1. The summed E-state index contributed by atoms with van der Waals surface area (Å²) >= 11 is 0. The topological polar surface area (TPSA) is 86.2 Å². The number of carbonyl (C=O) groups excluding carboxylic acids is 1. The molecule has 0 atom stereocenters. The predicted octanol–water partition coefficient (Wildman–Crippen LogP) is 0.675. The molecular formula is C9H6N2O3. The van der Waals surface area contributed by atoms with Gasteiger partial charge in [0.1, 0.15) is 5.56 Å². The standard InChI is InChI=1S/C9H6N2O3/c1-2-6-7(9(10)12)4-3-5-8(6)11(13)14/h1,3-5H,(H2,10,12). The molecule has 0 spiro atoms. The van der Waals surface area contributed by atoms with E-state index in [1.54, 1.807) is 0 Å². The molecule has 0 aliphatic carbocycles. The fraction of sp³-hybridized carbons (Fsp3) is 0. The van der Waals surface area contributed by atoms with Gasteiger partial charge in [0.25, 0.3) is 5.69 Å². The number of nitrogens with two attached hydrogens (primary N) is 1. The lowest BCUT2D eigenvalue weighted by molar-refractivity contribution is -0.385. The molecule has 0 aromatic heterocycles. The summed E-state index contributed by atoms with van der Waals surface area (Å²) in [7, 11) is 0. The van der Waals surface area contributed by atoms with Crippen molar-refractivity contribution in [2.45, 2.75) is 0 Å². The molecule has 0 radical (unpaired) electrons. The molecule has 14 heavy (non-hydrogen) atoms. The van der Waals surface area contributed by atoms with Gasteiger partial charge in [-0.2, -0.15) is 0 Å². The molecular weight excluding hydrogens is 184 g/mol. The molecule has 0 fully saturated rings. The van der Waals surface area contributed by atoms with E-state index < -0.39 is 10.8 Å². The quantitative estimate of drug-likeness (QED) is 0.422. The van der Waals surface area contributed by atoms with Crippen LogP contribution in [0.5, 0.6) is 0 Å². The zero-order valence-electron chi connectivity index (χ0n) is 7.06. The first-order valence-electron chi connectivity index (χ1n) is 3.61. The summed E-state index contributed by atoms with van der Waals surface area (Å²) in [6.07, 6.45) is 5.06. The number of amides is 1. The van der Waals surface area contributed by atoms with Crippen LogP contribution >= 0.6 is 0 Å². The van der Waals surface area contributed by atoms with E-state index in [2.05, 4.69) is 5.92 Å². The molecule has 5 nitrogen and oxygen atoms in total. The third-order valence-electron chi connectivity index (χ3n) is 1.65. The summed E-state index contributed by atoms with van der Waals surface area (Å²) in [4.78, 5) is 20.7. The Hall–Kier alpha value is -2.35. The van der Waals surface area contributed by atoms with Gasteiger partial charge in [0.05, 0.1) is 10.5 Å². The summed E-state index contributed by atoms with van der Waals surface area (Å²) in [6, 6.07) is 3.94. The van der Waals surface area contributed by atoms with Crippen LogP contribution in [0.25, 0.3) is 0 Å². The van der Waals surface area contributed by atoms with Crippen molar-refractivity contribution in [3.8, 4) is 12.3 Å². The fourth-order valence-corrected chi connectivity index (χ4v) is 1.05. The van der Waals surface area contributed by atoms with Crippen LogP contribution in [0.15, 0.2) is 18.2 Å². The summed E-state index contributed by atoms with van der Waals surface area (Å²) in [5.74, 6) is 1.31. The van der Waals surface area contributed by atoms with Crippen molar-refractivity contribution in [1.82, 2.24) is 0 Å². The molecule has 0 saturated carbocycles. The van der Waals surface area contributed by atoms with Crippen molar-refractivity contribution in [1.29, 1.82) is 0 Å². The van der Waals surface area contributed by atoms with Gasteiger partial charge >= 0.3 is 0 Å². The highest BCUT2D eigenvalue weighted by Gasteiger charge is 2.17. The van der Waals surface area contributed by atoms with Crippen LogP contribution in [0, 0.1) is 22.5 Å². The number of rotatable bonds is 2. The number of nitro benzene ring substituents is 1. The van der Waals surface area contributed by atoms with Gasteiger partial charge in [-0.1, -0.05) is 12.0 Å². The summed E-state index contributed by atoms with van der Waals surface area (Å²) in [5.41, 5.74) is 4.62. The minimum Gasteiger partial charge on any atom is -0.366 e. The van der Waals surface area contributed by atoms with Crippen molar-refractivity contribution in [3.05, 3.63) is 39.4 Å². The SMILES string of the molecule is C#Cc1c(C(N)=O)cccc1[N+](=O)[O-]. The van der Waals surface area contributed by atoms with Crippen LogP contribution in [-0.4, -0.2) is 10.8 Å². The normalized spacial score (nSPS) is 9.07. The average Bonchev–Trinajstić information content (AvgIpc) is 2.16. The summed E-state index contributed by atoms with van der Waals surface area (Å²) in [6.45, 7) is 0. The van der Waals surface area contributed by atoms with Gasteiger partial charge in [0.15, 0.2) is 0 Å². The molecule has 0 aliphatic rings. The van der Waals surface area contributed by atoms with Crippen molar-refractivity contribution in [3.63, 3.8) is 0 Å². The predicted molar refractivity (Wildman–Crippen MR) is 49.5 cm³/mol. The van der Waals surface area contributed by atoms with Gasteiger partial charge in [-0.15, -0.1) is 6.42 Å². The molecule has 70 valence electrons. The van der Waals surface area contributed by atoms with Crippen molar-refractivity contribution >= 4 is 11.6 Å². The third kappa shape index (κ3) is 1.54. The molecule has 0 aliphatic heterocycles. The van der Waals surface area contributed by atoms with E-state index in [1.807, 2.05) is 0 Å². The molecule has 1 aromatic carbocycles. The van der Waals surface area contributed by atoms with Crippen LogP contribution in [0.3, 0.4) is 0 Å². The highest BCUT2D eigenvalue weighted by Crippen LogP contribution is 2.20. The molecule has 0 bridgehead atoms. The lowest BCUT2D eigenvalue weighted by atomic mass is 10.1. The van der Waals surface area contributed by atoms with Gasteiger partial charge < -0.3 is 5.73 Å². The van der Waals surface area contributed by atoms with Crippen LogP contribution in [0.4, 0.5) is 5.69 Å². The Kier molecular flexibility index (Phi) is 2.49. The molecule has 0 unspecified atom stereocenters. The molecule has 2 N–H and O–H groups in total. The van der Waals surface area contributed by atoms with E-state index in [4.69, 9.17) is 12.2 Å². The Morgan fingerprint density at radius 3 is 2.64 bits per heavy atom. The minimum absolute atomic E-state index is 0.0123. The Morgan fingerprint density at radius 1 is 1.57 bits per heavy atom. The third-order valence-corrected chi connectivity index (χ3v) is 1.65. The first-order valence-corrected chi connectivity index (χ1v) is 3.61. The van der Waals surface area contributed by atoms with Crippen LogP contribution in [0.2, 0.25) is 0 Å². The van der Waals surface area contributed by atoms with Gasteiger partial charge in [-0.25, -0.2) is 0 Å². The number of terminal acetylenes is 1. The lowest BCUT2D eigenvalue weighted by Gasteiger charge is -2.00. The van der Waals surface area contributed by atoms with Gasteiger partial charge in [-0.3, -0.25) is 14.9 Å². The second kappa shape index (κ2) is 3.58. The number of benzene rings is 1. The number of hydrogen-bond acceptors (Lipinski definition) is 3. The molecule has 0 heterocycles. The van der Waals surface area contributed by atoms with Gasteiger partial charge in [-0.05, 0) is 6.07 Å². The molecule has 5 heteroatoms. The highest BCUT2D eigenvalue weighted by molar-refractivity contribution is 5.96. The second-order valence-corrected chi connectivity index (χ2v) is 2.47. The molecule has 1 rings (SSSR count). The number of nitro groups is 1. The summed E-state index contributed by atoms with van der Waals surface area (Å²) in [5, 5.41) is 10.5. The van der Waals surface area contributed by atoms with E-state index >= 15 is 0 Å². The Balaban J connectivity index is 3.50. The summed E-state index contributed by atoms with van der Waals surface area (Å²) < 4.78 is 0. The van der Waals surface area contributed by atoms with Crippen molar-refractivity contribution < 1.29 is 9.72 Å². The van der Waals surface area contributed by atoms with E-state index in [-0.39, 0.29) is 16.8 Å². The Morgan fingerprint density at radius 2 is 2.21 bits per heavy atom. The van der Waals surface area contributed by atoms with Crippen molar-refractivity contribution in [2.24, 2.45) is 5.73 Å². The van der Waals surface area contributed by atoms with E-state index in [1.165, 1.54) is 18.2 Å². The van der Waals surface area contributed by atoms with Crippen LogP contribution in [-0.2, 0) is 0 Å². The number of carbonyl (C=O) groups is 1. The van der Waals surface area contributed by atoms with Crippen LogP contribution < -0.4 is 5.73 Å². The maximum Gasteiger partial charge on any atom is 0.285 e.